The quantitative estimate of drug-likeness (QED) is 0.872. The van der Waals surface area contributed by atoms with Gasteiger partial charge in [0.05, 0.1) is 17.3 Å². The van der Waals surface area contributed by atoms with E-state index in [4.69, 9.17) is 0 Å². The van der Waals surface area contributed by atoms with Crippen molar-refractivity contribution in [1.82, 2.24) is 9.78 Å². The molecule has 130 valence electrons. The van der Waals surface area contributed by atoms with E-state index in [9.17, 15) is 9.90 Å². The lowest BCUT2D eigenvalue weighted by atomic mass is 9.89. The maximum Gasteiger partial charge on any atom is 0.341 e. The minimum Gasteiger partial charge on any atom is -0.477 e. The average molecular weight is 329 g/mol. The summed E-state index contributed by atoms with van der Waals surface area (Å²) >= 11 is 0. The van der Waals surface area contributed by atoms with Crippen LogP contribution in [-0.4, -0.2) is 20.9 Å². The lowest BCUT2D eigenvalue weighted by Crippen LogP contribution is -2.38. The molecule has 1 atom stereocenters. The predicted octanol–water partition coefficient (Wildman–Crippen LogP) is 4.46. The third-order valence-corrected chi connectivity index (χ3v) is 4.30. The van der Waals surface area contributed by atoms with Gasteiger partial charge in [-0.2, -0.15) is 5.10 Å². The first kappa shape index (κ1) is 18.0. The summed E-state index contributed by atoms with van der Waals surface area (Å²) < 4.78 is 1.84. The van der Waals surface area contributed by atoms with Crippen LogP contribution in [-0.2, 0) is 12.0 Å². The van der Waals surface area contributed by atoms with Gasteiger partial charge in [-0.05, 0) is 32.3 Å². The number of aryl methyl sites for hydroxylation is 1. The standard InChI is InChI=1S/C17H21N3O2.C2H6/c1-4-12-14(16(21)22)15-18-13(11-8-6-5-7-9-11)10-17(2,3)20(15)19-12;1-2/h5-9,13,18H,4,10H2,1-3H3,(H,21,22);1-2H3. The Bertz CT molecular complexity index is 705. The van der Waals surface area contributed by atoms with Crippen molar-refractivity contribution in [2.75, 3.05) is 5.32 Å². The third-order valence-electron chi connectivity index (χ3n) is 4.30. The SMILES string of the molecule is CC.CCc1nn2c(c1C(=O)O)NC(c1ccccc1)CC2(C)C. The number of rotatable bonds is 3. The molecule has 0 spiro atoms. The Morgan fingerprint density at radius 3 is 2.50 bits per heavy atom. The molecule has 0 amide bonds. The topological polar surface area (TPSA) is 67.2 Å². The van der Waals surface area contributed by atoms with Gasteiger partial charge in [-0.15, -0.1) is 0 Å². The largest absolute Gasteiger partial charge is 0.477 e. The highest BCUT2D eigenvalue weighted by Gasteiger charge is 2.38. The molecule has 0 saturated carbocycles. The predicted molar refractivity (Wildman–Crippen MR) is 96.7 cm³/mol. The summed E-state index contributed by atoms with van der Waals surface area (Å²) in [7, 11) is 0. The first-order valence-corrected chi connectivity index (χ1v) is 8.61. The van der Waals surface area contributed by atoms with Crippen LogP contribution in [0, 0.1) is 0 Å². The van der Waals surface area contributed by atoms with E-state index in [2.05, 4.69) is 36.4 Å². The minimum absolute atomic E-state index is 0.0863. The maximum atomic E-state index is 11.7. The molecule has 1 aromatic heterocycles. The first-order valence-electron chi connectivity index (χ1n) is 8.61. The van der Waals surface area contributed by atoms with Crippen LogP contribution in [0.3, 0.4) is 0 Å². The summed E-state index contributed by atoms with van der Waals surface area (Å²) in [6.07, 6.45) is 1.46. The summed E-state index contributed by atoms with van der Waals surface area (Å²) in [6, 6.07) is 10.2. The fourth-order valence-corrected chi connectivity index (χ4v) is 3.20. The molecule has 24 heavy (non-hydrogen) atoms. The molecule has 0 aliphatic carbocycles. The van der Waals surface area contributed by atoms with Crippen molar-refractivity contribution >= 4 is 11.8 Å². The zero-order valence-electron chi connectivity index (χ0n) is 15.1. The van der Waals surface area contributed by atoms with Crippen molar-refractivity contribution in [2.45, 2.75) is 59.0 Å². The second kappa shape index (κ2) is 7.07. The third kappa shape index (κ3) is 3.16. The summed E-state index contributed by atoms with van der Waals surface area (Å²) in [5.74, 6) is -0.301. The van der Waals surface area contributed by atoms with E-state index in [-0.39, 0.29) is 11.6 Å². The zero-order valence-corrected chi connectivity index (χ0v) is 15.1. The summed E-state index contributed by atoms with van der Waals surface area (Å²) in [6.45, 7) is 10.1. The van der Waals surface area contributed by atoms with Crippen molar-refractivity contribution in [3.05, 3.63) is 47.2 Å². The van der Waals surface area contributed by atoms with Crippen LogP contribution >= 0.6 is 0 Å². The highest BCUT2D eigenvalue weighted by molar-refractivity contribution is 5.95. The molecule has 1 aromatic carbocycles. The second-order valence-electron chi connectivity index (χ2n) is 6.36. The molecule has 0 saturated heterocycles. The van der Waals surface area contributed by atoms with Gasteiger partial charge in [0.1, 0.15) is 11.4 Å². The molecule has 2 aromatic rings. The lowest BCUT2D eigenvalue weighted by molar-refractivity contribution is 0.0696. The van der Waals surface area contributed by atoms with E-state index in [1.165, 1.54) is 0 Å². The normalized spacial score (nSPS) is 18.0. The molecule has 5 heteroatoms. The number of carboxylic acid groups (broad SMARTS) is 1. The van der Waals surface area contributed by atoms with Gasteiger partial charge in [0.2, 0.25) is 0 Å². The Morgan fingerprint density at radius 2 is 1.96 bits per heavy atom. The summed E-state index contributed by atoms with van der Waals surface area (Å²) in [5.41, 5.74) is 1.86. The number of anilines is 1. The number of hydrogen-bond acceptors (Lipinski definition) is 3. The number of nitrogens with zero attached hydrogens (tertiary/aromatic N) is 2. The number of fused-ring (bicyclic) bond motifs is 1. The number of nitrogens with one attached hydrogen (secondary N) is 1. The molecule has 1 unspecified atom stereocenters. The van der Waals surface area contributed by atoms with Crippen molar-refractivity contribution in [3.63, 3.8) is 0 Å². The highest BCUT2D eigenvalue weighted by atomic mass is 16.4. The van der Waals surface area contributed by atoms with E-state index in [0.29, 0.717) is 23.5 Å². The van der Waals surface area contributed by atoms with Crippen LogP contribution < -0.4 is 5.32 Å². The van der Waals surface area contributed by atoms with E-state index in [1.54, 1.807) is 0 Å². The molecule has 0 radical (unpaired) electrons. The van der Waals surface area contributed by atoms with Crippen molar-refractivity contribution in [1.29, 1.82) is 0 Å². The number of aromatic nitrogens is 2. The Hall–Kier alpha value is -2.30. The molecule has 1 aliphatic heterocycles. The van der Waals surface area contributed by atoms with Gasteiger partial charge < -0.3 is 10.4 Å². The average Bonchev–Trinajstić information content (AvgIpc) is 2.97. The summed E-state index contributed by atoms with van der Waals surface area (Å²) in [4.78, 5) is 11.7. The highest BCUT2D eigenvalue weighted by Crippen LogP contribution is 2.40. The molecular weight excluding hydrogens is 302 g/mol. The van der Waals surface area contributed by atoms with Gasteiger partial charge in [0, 0.05) is 0 Å². The number of carboxylic acids is 1. The molecule has 1 aliphatic rings. The molecule has 2 heterocycles. The van der Waals surface area contributed by atoms with Crippen LogP contribution in [0.15, 0.2) is 30.3 Å². The number of hydrogen-bond donors (Lipinski definition) is 2. The maximum absolute atomic E-state index is 11.7. The summed E-state index contributed by atoms with van der Waals surface area (Å²) in [5, 5.41) is 17.5. The lowest BCUT2D eigenvalue weighted by Gasteiger charge is -2.38. The van der Waals surface area contributed by atoms with Crippen LogP contribution in [0.2, 0.25) is 0 Å². The number of aromatic carboxylic acids is 1. The van der Waals surface area contributed by atoms with Gasteiger partial charge in [-0.25, -0.2) is 9.48 Å². The van der Waals surface area contributed by atoms with Gasteiger partial charge in [0.15, 0.2) is 0 Å². The van der Waals surface area contributed by atoms with Crippen molar-refractivity contribution < 1.29 is 9.90 Å². The zero-order chi connectivity index (χ0) is 17.9. The van der Waals surface area contributed by atoms with Crippen LogP contribution in [0.25, 0.3) is 0 Å². The fraction of sp³-hybridized carbons (Fsp3) is 0.474. The van der Waals surface area contributed by atoms with Crippen LogP contribution in [0.4, 0.5) is 5.82 Å². The van der Waals surface area contributed by atoms with E-state index < -0.39 is 5.97 Å². The van der Waals surface area contributed by atoms with Gasteiger partial charge in [-0.1, -0.05) is 51.1 Å². The molecule has 5 nitrogen and oxygen atoms in total. The first-order chi connectivity index (χ1) is 11.4. The molecule has 0 bridgehead atoms. The Labute approximate surface area is 143 Å². The fourth-order valence-electron chi connectivity index (χ4n) is 3.20. The van der Waals surface area contributed by atoms with Gasteiger partial charge >= 0.3 is 5.97 Å². The smallest absolute Gasteiger partial charge is 0.341 e. The molecule has 3 rings (SSSR count). The van der Waals surface area contributed by atoms with E-state index >= 15 is 0 Å². The monoisotopic (exact) mass is 329 g/mol. The Kier molecular flexibility index (Phi) is 5.32. The Balaban J connectivity index is 0.00000100. The van der Waals surface area contributed by atoms with Gasteiger partial charge in [-0.3, -0.25) is 0 Å². The van der Waals surface area contributed by atoms with Crippen molar-refractivity contribution in [3.8, 4) is 0 Å². The van der Waals surface area contributed by atoms with Crippen LogP contribution in [0.5, 0.6) is 0 Å². The molecule has 0 fully saturated rings. The second-order valence-corrected chi connectivity index (χ2v) is 6.36. The van der Waals surface area contributed by atoms with Crippen LogP contribution in [0.1, 0.15) is 68.7 Å². The molecule has 2 N–H and O–H groups in total. The van der Waals surface area contributed by atoms with E-state index in [0.717, 1.165) is 12.0 Å². The van der Waals surface area contributed by atoms with Gasteiger partial charge in [0.25, 0.3) is 0 Å². The molecular formula is C19H27N3O2. The number of benzene rings is 1. The van der Waals surface area contributed by atoms with E-state index in [1.807, 2.05) is 43.7 Å². The Morgan fingerprint density at radius 1 is 1.33 bits per heavy atom. The number of carbonyl (C=O) groups is 1. The van der Waals surface area contributed by atoms with Crippen molar-refractivity contribution in [2.24, 2.45) is 0 Å². The minimum atomic E-state index is -0.921.